The lowest BCUT2D eigenvalue weighted by molar-refractivity contribution is -0.0496. The van der Waals surface area contributed by atoms with Gasteiger partial charge in [-0.2, -0.15) is 17.5 Å². The van der Waals surface area contributed by atoms with Crippen molar-refractivity contribution in [3.05, 3.63) is 35.4 Å². The quantitative estimate of drug-likeness (QED) is 0.554. The molecule has 1 heterocycles. The normalized spacial score (nSPS) is 24.4. The summed E-state index contributed by atoms with van der Waals surface area (Å²) < 4.78 is 61.5. The van der Waals surface area contributed by atoms with E-state index in [9.17, 15) is 21.6 Å². The number of nitrogens with one attached hydrogen (secondary N) is 2. The Morgan fingerprint density at radius 2 is 1.90 bits per heavy atom. The third kappa shape index (κ3) is 5.03. The Morgan fingerprint density at radius 1 is 1.24 bits per heavy atom. The molecule has 3 rings (SSSR count). The summed E-state index contributed by atoms with van der Waals surface area (Å²) >= 11 is 0. The van der Waals surface area contributed by atoms with Crippen molar-refractivity contribution < 1.29 is 21.6 Å². The van der Waals surface area contributed by atoms with Gasteiger partial charge in [0.2, 0.25) is 0 Å². The van der Waals surface area contributed by atoms with Crippen LogP contribution in [0.3, 0.4) is 0 Å². The van der Waals surface area contributed by atoms with Gasteiger partial charge in [0, 0.05) is 38.6 Å². The number of piperidine rings is 1. The molecule has 0 radical (unpaired) electrons. The molecule has 2 N–H and O–H groups in total. The van der Waals surface area contributed by atoms with Crippen LogP contribution in [0.5, 0.6) is 0 Å². The van der Waals surface area contributed by atoms with Gasteiger partial charge in [0.15, 0.2) is 5.96 Å². The van der Waals surface area contributed by atoms with Crippen LogP contribution in [0.1, 0.15) is 36.3 Å². The Bertz CT molecular complexity index is 849. The van der Waals surface area contributed by atoms with Crippen molar-refractivity contribution in [2.24, 2.45) is 10.9 Å². The van der Waals surface area contributed by atoms with Gasteiger partial charge < -0.3 is 10.6 Å². The lowest BCUT2D eigenvalue weighted by Gasteiger charge is -2.31. The van der Waals surface area contributed by atoms with Crippen LogP contribution < -0.4 is 10.6 Å². The second-order valence-electron chi connectivity index (χ2n) is 7.70. The zero-order valence-corrected chi connectivity index (χ0v) is 17.4. The van der Waals surface area contributed by atoms with Crippen molar-refractivity contribution >= 4 is 16.0 Å². The smallest absolute Gasteiger partial charge is 0.356 e. The fourth-order valence-electron chi connectivity index (χ4n) is 3.81. The summed E-state index contributed by atoms with van der Waals surface area (Å²) in [6, 6.07) is 8.61. The van der Waals surface area contributed by atoms with Crippen LogP contribution >= 0.6 is 0 Å². The number of rotatable bonds is 5. The minimum absolute atomic E-state index is 0.0969. The third-order valence-corrected chi connectivity index (χ3v) is 7.32. The molecule has 0 spiro atoms. The third-order valence-electron chi connectivity index (χ3n) is 5.69. The standard InChI is InChI=1S/C19H27F3N4O2S/c1-13-5-3-4-6-15(13)16-11-17(16)25-18(23-2)24-12-14-7-9-26(10-8-14)29(27,28)19(20,21)22/h3-6,14,16-17H,7-12H2,1-2H3,(H2,23,24,25). The molecule has 6 nitrogen and oxygen atoms in total. The average Bonchev–Trinajstić information content (AvgIpc) is 3.43. The molecule has 2 fully saturated rings. The first-order valence-corrected chi connectivity index (χ1v) is 11.2. The molecule has 0 bridgehead atoms. The lowest BCUT2D eigenvalue weighted by Crippen LogP contribution is -2.47. The molecule has 0 aromatic heterocycles. The molecule has 1 aromatic rings. The van der Waals surface area contributed by atoms with Gasteiger partial charge in [-0.25, -0.2) is 8.42 Å². The van der Waals surface area contributed by atoms with Crippen LogP contribution in [0.4, 0.5) is 13.2 Å². The number of aliphatic imine (C=N–C) groups is 1. The van der Waals surface area contributed by atoms with Gasteiger partial charge in [-0.3, -0.25) is 4.99 Å². The minimum Gasteiger partial charge on any atom is -0.356 e. The highest BCUT2D eigenvalue weighted by molar-refractivity contribution is 7.90. The van der Waals surface area contributed by atoms with E-state index in [1.807, 2.05) is 12.1 Å². The van der Waals surface area contributed by atoms with Gasteiger partial charge in [0.25, 0.3) is 0 Å². The van der Waals surface area contributed by atoms with Gasteiger partial charge in [0.05, 0.1) is 0 Å². The van der Waals surface area contributed by atoms with Crippen molar-refractivity contribution in [2.75, 3.05) is 26.7 Å². The second kappa shape index (κ2) is 8.51. The monoisotopic (exact) mass is 432 g/mol. The van der Waals surface area contributed by atoms with Crippen LogP contribution in [0.2, 0.25) is 0 Å². The van der Waals surface area contributed by atoms with Crippen molar-refractivity contribution in [1.29, 1.82) is 0 Å². The van der Waals surface area contributed by atoms with Crippen LogP contribution in [0, 0.1) is 12.8 Å². The molecule has 29 heavy (non-hydrogen) atoms. The SMILES string of the molecule is CN=C(NCC1CCN(S(=O)(=O)C(F)(F)F)CC1)NC1CC1c1ccccc1C. The van der Waals surface area contributed by atoms with E-state index in [1.54, 1.807) is 7.05 Å². The van der Waals surface area contributed by atoms with Crippen molar-refractivity contribution in [3.63, 3.8) is 0 Å². The van der Waals surface area contributed by atoms with E-state index in [1.165, 1.54) is 11.1 Å². The highest BCUT2D eigenvalue weighted by Gasteiger charge is 2.50. The maximum Gasteiger partial charge on any atom is 0.511 e. The van der Waals surface area contributed by atoms with Crippen molar-refractivity contribution in [1.82, 2.24) is 14.9 Å². The molecule has 1 aliphatic heterocycles. The van der Waals surface area contributed by atoms with Crippen molar-refractivity contribution in [2.45, 2.75) is 43.7 Å². The number of benzene rings is 1. The summed E-state index contributed by atoms with van der Waals surface area (Å²) in [7, 11) is -3.55. The predicted molar refractivity (Wildman–Crippen MR) is 106 cm³/mol. The number of guanidine groups is 1. The highest BCUT2D eigenvalue weighted by Crippen LogP contribution is 2.42. The number of sulfonamides is 1. The van der Waals surface area contributed by atoms with Gasteiger partial charge >= 0.3 is 15.5 Å². The molecule has 2 aliphatic rings. The van der Waals surface area contributed by atoms with Crippen LogP contribution in [0.15, 0.2) is 29.3 Å². The van der Waals surface area contributed by atoms with Gasteiger partial charge in [-0.05, 0) is 43.2 Å². The molecular weight excluding hydrogens is 405 g/mol. The summed E-state index contributed by atoms with van der Waals surface area (Å²) in [5, 5.41) is 6.62. The van der Waals surface area contributed by atoms with E-state index < -0.39 is 15.5 Å². The fourth-order valence-corrected chi connectivity index (χ4v) is 4.80. The average molecular weight is 433 g/mol. The number of aryl methyl sites for hydroxylation is 1. The summed E-state index contributed by atoms with van der Waals surface area (Å²) in [6.45, 7) is 2.42. The van der Waals surface area contributed by atoms with E-state index in [2.05, 4.69) is 34.7 Å². The summed E-state index contributed by atoms with van der Waals surface area (Å²) in [4.78, 5) is 4.23. The molecule has 0 amide bonds. The molecule has 1 saturated heterocycles. The first kappa shape index (κ1) is 21.9. The fraction of sp³-hybridized carbons (Fsp3) is 0.632. The first-order chi connectivity index (χ1) is 13.6. The van der Waals surface area contributed by atoms with Crippen LogP contribution in [-0.4, -0.2) is 56.9 Å². The van der Waals surface area contributed by atoms with Gasteiger partial charge in [0.1, 0.15) is 0 Å². The molecule has 1 aromatic carbocycles. The first-order valence-electron chi connectivity index (χ1n) is 9.72. The molecule has 10 heteroatoms. The van der Waals surface area contributed by atoms with Gasteiger partial charge in [-0.15, -0.1) is 0 Å². The predicted octanol–water partition coefficient (Wildman–Crippen LogP) is 2.58. The topological polar surface area (TPSA) is 73.8 Å². The van der Waals surface area contributed by atoms with E-state index >= 15 is 0 Å². The number of nitrogens with zero attached hydrogens (tertiary/aromatic N) is 2. The lowest BCUT2D eigenvalue weighted by atomic mass is 9.98. The highest BCUT2D eigenvalue weighted by atomic mass is 32.2. The summed E-state index contributed by atoms with van der Waals surface area (Å²) in [5.41, 5.74) is -2.63. The molecule has 1 aliphatic carbocycles. The molecule has 162 valence electrons. The van der Waals surface area contributed by atoms with Crippen molar-refractivity contribution in [3.8, 4) is 0 Å². The molecule has 1 saturated carbocycles. The van der Waals surface area contributed by atoms with E-state index in [0.717, 1.165) is 6.42 Å². The Morgan fingerprint density at radius 3 is 2.48 bits per heavy atom. The number of halogens is 3. The maximum atomic E-state index is 12.7. The zero-order chi connectivity index (χ0) is 21.2. The Balaban J connectivity index is 1.44. The number of hydrogen-bond donors (Lipinski definition) is 2. The largest absolute Gasteiger partial charge is 0.511 e. The molecule has 2 unspecified atom stereocenters. The Hall–Kier alpha value is -1.81. The number of alkyl halides is 3. The van der Waals surface area contributed by atoms with E-state index in [4.69, 9.17) is 0 Å². The van der Waals surface area contributed by atoms with E-state index in [0.29, 0.717) is 41.6 Å². The van der Waals surface area contributed by atoms with Gasteiger partial charge in [-0.1, -0.05) is 24.3 Å². The van der Waals surface area contributed by atoms with E-state index in [-0.39, 0.29) is 19.0 Å². The van der Waals surface area contributed by atoms with Crippen LogP contribution in [-0.2, 0) is 10.0 Å². The zero-order valence-electron chi connectivity index (χ0n) is 16.5. The Kier molecular flexibility index (Phi) is 6.42. The van der Waals surface area contributed by atoms with Crippen LogP contribution in [0.25, 0.3) is 0 Å². The Labute approximate surface area is 169 Å². The summed E-state index contributed by atoms with van der Waals surface area (Å²) in [6.07, 6.45) is 1.79. The minimum atomic E-state index is -5.23. The second-order valence-corrected chi connectivity index (χ2v) is 9.63. The molecular formula is C19H27F3N4O2S. The molecule has 2 atom stereocenters. The summed E-state index contributed by atoms with van der Waals surface area (Å²) in [5.74, 6) is 1.21. The maximum absolute atomic E-state index is 12.7. The number of hydrogen-bond acceptors (Lipinski definition) is 3.